The van der Waals surface area contributed by atoms with Gasteiger partial charge in [0.05, 0.1) is 5.69 Å². The minimum atomic E-state index is 0.518. The summed E-state index contributed by atoms with van der Waals surface area (Å²) in [6.45, 7) is 5.81. The molecular weight excluding hydrogens is 332 g/mol. The molecule has 4 nitrogen and oxygen atoms in total. The fourth-order valence-electron chi connectivity index (χ4n) is 4.04. The van der Waals surface area contributed by atoms with Crippen molar-refractivity contribution in [3.63, 3.8) is 0 Å². The molecule has 0 amide bonds. The number of anilines is 1. The molecule has 4 heteroatoms. The van der Waals surface area contributed by atoms with Crippen LogP contribution in [-0.2, 0) is 0 Å². The van der Waals surface area contributed by atoms with Crippen LogP contribution in [-0.4, -0.2) is 47.6 Å². The lowest BCUT2D eigenvalue weighted by atomic mass is 10.0. The highest BCUT2D eigenvalue weighted by Gasteiger charge is 2.23. The second-order valence-electron chi connectivity index (χ2n) is 7.49. The molecule has 2 heterocycles. The van der Waals surface area contributed by atoms with Gasteiger partial charge in [0.15, 0.2) is 0 Å². The number of rotatable bonds is 5. The van der Waals surface area contributed by atoms with Crippen molar-refractivity contribution in [1.82, 2.24) is 14.9 Å². The van der Waals surface area contributed by atoms with E-state index in [4.69, 9.17) is 4.98 Å². The molecule has 0 spiro atoms. The molecule has 0 saturated carbocycles. The lowest BCUT2D eigenvalue weighted by Crippen LogP contribution is -2.44. The van der Waals surface area contributed by atoms with E-state index >= 15 is 0 Å². The molecule has 1 aromatic heterocycles. The molecule has 140 valence electrons. The molecule has 4 rings (SSSR count). The van der Waals surface area contributed by atoms with Gasteiger partial charge >= 0.3 is 0 Å². The molecule has 0 radical (unpaired) electrons. The van der Waals surface area contributed by atoms with Crippen molar-refractivity contribution < 1.29 is 0 Å². The number of benzene rings is 2. The van der Waals surface area contributed by atoms with Crippen LogP contribution in [0.25, 0.3) is 22.0 Å². The molecule has 0 atom stereocenters. The van der Waals surface area contributed by atoms with Crippen LogP contribution in [0.4, 0.5) is 5.95 Å². The summed E-state index contributed by atoms with van der Waals surface area (Å²) in [6.07, 6.45) is 5.48. The Morgan fingerprint density at radius 3 is 2.59 bits per heavy atom. The first-order chi connectivity index (χ1) is 13.2. The number of hydrogen-bond acceptors (Lipinski definition) is 4. The lowest BCUT2D eigenvalue weighted by molar-refractivity contribution is 0.211. The van der Waals surface area contributed by atoms with E-state index in [1.165, 1.54) is 49.7 Å². The van der Waals surface area contributed by atoms with Crippen LogP contribution >= 0.6 is 0 Å². The van der Waals surface area contributed by atoms with Crippen LogP contribution in [0, 0.1) is 0 Å². The molecule has 0 unspecified atom stereocenters. The Morgan fingerprint density at radius 2 is 1.81 bits per heavy atom. The molecule has 1 saturated heterocycles. The zero-order valence-corrected chi connectivity index (χ0v) is 16.3. The highest BCUT2D eigenvalue weighted by atomic mass is 15.3. The van der Waals surface area contributed by atoms with Crippen LogP contribution in [0.15, 0.2) is 54.7 Å². The van der Waals surface area contributed by atoms with Crippen molar-refractivity contribution >= 4 is 16.7 Å². The zero-order chi connectivity index (χ0) is 18.6. The third kappa shape index (κ3) is 3.96. The van der Waals surface area contributed by atoms with Gasteiger partial charge in [-0.1, -0.05) is 43.3 Å². The fraction of sp³-hybridized carbons (Fsp3) is 0.391. The van der Waals surface area contributed by atoms with Gasteiger partial charge in [0.2, 0.25) is 5.95 Å². The van der Waals surface area contributed by atoms with E-state index in [0.717, 1.165) is 17.2 Å². The number of fused-ring (bicyclic) bond motifs is 1. The van der Waals surface area contributed by atoms with Gasteiger partial charge in [0.1, 0.15) is 0 Å². The summed E-state index contributed by atoms with van der Waals surface area (Å²) >= 11 is 0. The van der Waals surface area contributed by atoms with Gasteiger partial charge in [-0.05, 0) is 48.7 Å². The van der Waals surface area contributed by atoms with Gasteiger partial charge in [-0.2, -0.15) is 0 Å². The van der Waals surface area contributed by atoms with Crippen LogP contribution in [0.1, 0.15) is 26.2 Å². The maximum Gasteiger partial charge on any atom is 0.225 e. The minimum Gasteiger partial charge on any atom is -0.341 e. The van der Waals surface area contributed by atoms with Crippen LogP contribution in [0.2, 0.25) is 0 Å². The molecule has 1 aliphatic rings. The second kappa shape index (κ2) is 8.05. The molecule has 1 aliphatic heterocycles. The number of hydrogen-bond donors (Lipinski definition) is 0. The van der Waals surface area contributed by atoms with Crippen molar-refractivity contribution in [2.75, 3.05) is 31.6 Å². The van der Waals surface area contributed by atoms with Gasteiger partial charge in [0, 0.05) is 37.9 Å². The van der Waals surface area contributed by atoms with E-state index in [9.17, 15) is 0 Å². The molecule has 1 fully saturated rings. The minimum absolute atomic E-state index is 0.518. The number of likely N-dealkylation sites (tertiary alicyclic amines) is 1. The number of nitrogens with zero attached hydrogens (tertiary/aromatic N) is 4. The normalized spacial score (nSPS) is 15.9. The Kier molecular flexibility index (Phi) is 5.35. The van der Waals surface area contributed by atoms with Gasteiger partial charge in [-0.3, -0.25) is 0 Å². The van der Waals surface area contributed by atoms with Gasteiger partial charge in [-0.25, -0.2) is 9.97 Å². The first kappa shape index (κ1) is 17.9. The van der Waals surface area contributed by atoms with Crippen LogP contribution < -0.4 is 4.90 Å². The maximum atomic E-state index is 4.88. The standard InChI is InChI=1S/C23H28N4/c1-3-14-27-15-11-21(12-16-27)26(2)23-24-13-10-22(25-23)20-9-8-18-6-4-5-7-19(18)17-20/h4-10,13,17,21H,3,11-12,14-16H2,1-2H3. The number of aromatic nitrogens is 2. The summed E-state index contributed by atoms with van der Waals surface area (Å²) in [6, 6.07) is 17.5. The van der Waals surface area contributed by atoms with Crippen LogP contribution in [0.3, 0.4) is 0 Å². The second-order valence-corrected chi connectivity index (χ2v) is 7.49. The maximum absolute atomic E-state index is 4.88. The average Bonchev–Trinajstić information content (AvgIpc) is 2.74. The molecule has 2 aromatic carbocycles. The Morgan fingerprint density at radius 1 is 1.04 bits per heavy atom. The summed E-state index contributed by atoms with van der Waals surface area (Å²) in [4.78, 5) is 14.3. The third-order valence-electron chi connectivity index (χ3n) is 5.65. The van der Waals surface area contributed by atoms with Crippen molar-refractivity contribution in [1.29, 1.82) is 0 Å². The Bertz CT molecular complexity index is 900. The quantitative estimate of drug-likeness (QED) is 0.665. The summed E-state index contributed by atoms with van der Waals surface area (Å²) in [5.41, 5.74) is 2.13. The largest absolute Gasteiger partial charge is 0.341 e. The van der Waals surface area contributed by atoms with Crippen molar-refractivity contribution in [3.8, 4) is 11.3 Å². The highest BCUT2D eigenvalue weighted by Crippen LogP contribution is 2.25. The lowest BCUT2D eigenvalue weighted by Gasteiger charge is -2.36. The predicted octanol–water partition coefficient (Wildman–Crippen LogP) is 4.61. The van der Waals surface area contributed by atoms with Gasteiger partial charge in [0.25, 0.3) is 0 Å². The van der Waals surface area contributed by atoms with Crippen LogP contribution in [0.5, 0.6) is 0 Å². The molecular formula is C23H28N4. The molecule has 3 aromatic rings. The monoisotopic (exact) mass is 360 g/mol. The van der Waals surface area contributed by atoms with Crippen molar-refractivity contribution in [2.45, 2.75) is 32.2 Å². The molecule has 27 heavy (non-hydrogen) atoms. The SMILES string of the molecule is CCCN1CCC(N(C)c2nccc(-c3ccc4ccccc4c3)n2)CC1. The summed E-state index contributed by atoms with van der Waals surface area (Å²) in [5.74, 6) is 0.828. The topological polar surface area (TPSA) is 32.3 Å². The third-order valence-corrected chi connectivity index (χ3v) is 5.65. The van der Waals surface area contributed by atoms with E-state index < -0.39 is 0 Å². The first-order valence-corrected chi connectivity index (χ1v) is 10.0. The fourth-order valence-corrected chi connectivity index (χ4v) is 4.04. The van der Waals surface area contributed by atoms with Gasteiger partial charge < -0.3 is 9.80 Å². The Labute approximate surface area is 161 Å². The highest BCUT2D eigenvalue weighted by molar-refractivity contribution is 5.86. The summed E-state index contributed by atoms with van der Waals surface area (Å²) < 4.78 is 0. The van der Waals surface area contributed by atoms with E-state index in [1.54, 1.807) is 0 Å². The van der Waals surface area contributed by atoms with E-state index in [-0.39, 0.29) is 0 Å². The zero-order valence-electron chi connectivity index (χ0n) is 16.3. The van der Waals surface area contributed by atoms with E-state index in [0.29, 0.717) is 6.04 Å². The Balaban J connectivity index is 1.53. The smallest absolute Gasteiger partial charge is 0.225 e. The predicted molar refractivity (Wildman–Crippen MR) is 113 cm³/mol. The van der Waals surface area contributed by atoms with Crippen molar-refractivity contribution in [3.05, 3.63) is 54.7 Å². The van der Waals surface area contributed by atoms with E-state index in [2.05, 4.69) is 71.2 Å². The Hall–Kier alpha value is -2.46. The van der Waals surface area contributed by atoms with E-state index in [1.807, 2.05) is 12.3 Å². The summed E-state index contributed by atoms with van der Waals surface area (Å²) in [5, 5.41) is 2.50. The van der Waals surface area contributed by atoms with Crippen molar-refractivity contribution in [2.24, 2.45) is 0 Å². The molecule has 0 N–H and O–H groups in total. The van der Waals surface area contributed by atoms with Gasteiger partial charge in [-0.15, -0.1) is 0 Å². The summed E-state index contributed by atoms with van der Waals surface area (Å²) in [7, 11) is 2.14. The average molecular weight is 361 g/mol. The number of piperidine rings is 1. The molecule has 0 aliphatic carbocycles. The molecule has 0 bridgehead atoms. The first-order valence-electron chi connectivity index (χ1n) is 10.0.